The number of aromatic carboxylic acids is 2. The molecule has 0 aromatic heterocycles. The molecule has 0 heterocycles. The number of aliphatic hydroxyl groups is 1. The summed E-state index contributed by atoms with van der Waals surface area (Å²) in [5.74, 6) is -2.80. The number of aliphatic carboxylic acids is 1. The fourth-order valence-corrected chi connectivity index (χ4v) is 3.42. The zero-order chi connectivity index (χ0) is 24.9. The average Bonchev–Trinajstić information content (AvgIpc) is 2.78. The molecule has 0 amide bonds. The molecule has 0 fully saturated rings. The van der Waals surface area contributed by atoms with Crippen LogP contribution in [0.3, 0.4) is 0 Å². The Labute approximate surface area is 234 Å². The van der Waals surface area contributed by atoms with Crippen LogP contribution >= 0.6 is 0 Å². The first kappa shape index (κ1) is 35.0. The summed E-state index contributed by atoms with van der Waals surface area (Å²) in [6, 6.07) is 5.02. The molecule has 0 radical (unpaired) electrons. The van der Waals surface area contributed by atoms with Gasteiger partial charge < -0.3 is 20.4 Å². The predicted molar refractivity (Wildman–Crippen MR) is 137 cm³/mol. The molecule has 0 aliphatic heterocycles. The summed E-state index contributed by atoms with van der Waals surface area (Å²) in [5.41, 5.74) is 0.167. The normalized spacial score (nSPS) is 11.0. The molecule has 34 heavy (non-hydrogen) atoms. The van der Waals surface area contributed by atoms with E-state index in [2.05, 4.69) is 6.92 Å². The van der Waals surface area contributed by atoms with Gasteiger partial charge >= 0.3 is 55.6 Å². The van der Waals surface area contributed by atoms with E-state index >= 15 is 0 Å². The minimum atomic E-state index is -1.06. The van der Waals surface area contributed by atoms with Crippen molar-refractivity contribution in [2.24, 2.45) is 0 Å². The molecule has 1 aromatic rings. The van der Waals surface area contributed by atoms with E-state index in [0.717, 1.165) is 38.5 Å². The van der Waals surface area contributed by atoms with E-state index in [1.165, 1.54) is 75.6 Å². The number of aliphatic hydroxyl groups excluding tert-OH is 1. The van der Waals surface area contributed by atoms with Gasteiger partial charge in [0.25, 0.3) is 0 Å². The summed E-state index contributed by atoms with van der Waals surface area (Å²) in [6.45, 7) is 2.21. The van der Waals surface area contributed by atoms with E-state index < -0.39 is 17.9 Å². The van der Waals surface area contributed by atoms with Gasteiger partial charge in [-0.05, 0) is 43.5 Å². The SMILES string of the molecule is CCCCCCC(O)CCCCCCCCCCC(=O)O.O=C(O)c1ccc(C(=O)O)cc1.[CaH2]. The van der Waals surface area contributed by atoms with E-state index in [-0.39, 0.29) is 55.0 Å². The fourth-order valence-electron chi connectivity index (χ4n) is 3.42. The minimum absolute atomic E-state index is 0. The molecular formula is C26H44CaO7. The van der Waals surface area contributed by atoms with Gasteiger partial charge in [-0.25, -0.2) is 9.59 Å². The third kappa shape index (κ3) is 21.4. The molecular weight excluding hydrogens is 464 g/mol. The molecule has 0 saturated heterocycles. The van der Waals surface area contributed by atoms with Gasteiger partial charge in [-0.2, -0.15) is 0 Å². The fraction of sp³-hybridized carbons (Fsp3) is 0.654. The third-order valence-corrected chi connectivity index (χ3v) is 5.45. The Morgan fingerprint density at radius 2 is 1.00 bits per heavy atom. The molecule has 8 heteroatoms. The van der Waals surface area contributed by atoms with Crippen molar-refractivity contribution in [1.82, 2.24) is 0 Å². The summed E-state index contributed by atoms with van der Waals surface area (Å²) in [4.78, 5) is 31.0. The number of carbonyl (C=O) groups is 3. The standard InChI is InChI=1S/C18H36O3.C8H6O4.Ca.2H/c1-2-3-4-11-14-17(19)15-12-9-7-5-6-8-10-13-16-18(20)21;9-7(10)5-1-2-6(4-3-5)8(11)12;;;/h17,19H,2-16H2,1H3,(H,20,21);1-4H,(H,9,10)(H,11,12);;;. The van der Waals surface area contributed by atoms with E-state index in [0.29, 0.717) is 6.42 Å². The Morgan fingerprint density at radius 3 is 1.35 bits per heavy atom. The monoisotopic (exact) mass is 508 g/mol. The predicted octanol–water partition coefficient (Wildman–Crippen LogP) is 5.47. The number of benzene rings is 1. The zero-order valence-electron chi connectivity index (χ0n) is 20.0. The van der Waals surface area contributed by atoms with Crippen molar-refractivity contribution in [3.8, 4) is 0 Å². The van der Waals surface area contributed by atoms with Gasteiger partial charge in [0.1, 0.15) is 0 Å². The molecule has 0 aliphatic rings. The Balaban J connectivity index is 0. The van der Waals surface area contributed by atoms with Crippen molar-refractivity contribution >= 4 is 55.6 Å². The summed E-state index contributed by atoms with van der Waals surface area (Å²) in [7, 11) is 0. The van der Waals surface area contributed by atoms with Gasteiger partial charge in [-0.15, -0.1) is 0 Å². The van der Waals surface area contributed by atoms with Crippen LogP contribution in [0.5, 0.6) is 0 Å². The van der Waals surface area contributed by atoms with Gasteiger partial charge in [0, 0.05) is 6.42 Å². The molecule has 1 atom stereocenters. The Hall–Kier alpha value is -1.15. The van der Waals surface area contributed by atoms with Crippen molar-refractivity contribution in [1.29, 1.82) is 0 Å². The van der Waals surface area contributed by atoms with Crippen molar-refractivity contribution < 1.29 is 34.8 Å². The number of hydrogen-bond donors (Lipinski definition) is 4. The van der Waals surface area contributed by atoms with Crippen LogP contribution in [0.15, 0.2) is 24.3 Å². The third-order valence-electron chi connectivity index (χ3n) is 5.45. The average molecular weight is 509 g/mol. The van der Waals surface area contributed by atoms with Crippen molar-refractivity contribution in [3.63, 3.8) is 0 Å². The van der Waals surface area contributed by atoms with Gasteiger partial charge in [0.2, 0.25) is 0 Å². The molecule has 7 nitrogen and oxygen atoms in total. The van der Waals surface area contributed by atoms with E-state index in [9.17, 15) is 19.5 Å². The van der Waals surface area contributed by atoms with Crippen LogP contribution in [0.25, 0.3) is 0 Å². The van der Waals surface area contributed by atoms with Crippen LogP contribution in [0.4, 0.5) is 0 Å². The van der Waals surface area contributed by atoms with Gasteiger partial charge in [0.15, 0.2) is 0 Å². The molecule has 0 aliphatic carbocycles. The van der Waals surface area contributed by atoms with Crippen LogP contribution in [0.2, 0.25) is 0 Å². The molecule has 0 bridgehead atoms. The maximum absolute atomic E-state index is 10.3. The van der Waals surface area contributed by atoms with Crippen molar-refractivity contribution in [2.75, 3.05) is 0 Å². The maximum atomic E-state index is 10.3. The quantitative estimate of drug-likeness (QED) is 0.153. The topological polar surface area (TPSA) is 132 Å². The van der Waals surface area contributed by atoms with E-state index in [4.69, 9.17) is 15.3 Å². The first-order valence-electron chi connectivity index (χ1n) is 12.2. The van der Waals surface area contributed by atoms with Crippen LogP contribution in [0.1, 0.15) is 124 Å². The summed E-state index contributed by atoms with van der Waals surface area (Å²) in [6.07, 6.45) is 16.3. The summed E-state index contributed by atoms with van der Waals surface area (Å²) >= 11 is 0. The first-order chi connectivity index (χ1) is 15.8. The van der Waals surface area contributed by atoms with Gasteiger partial charge in [-0.3, -0.25) is 4.79 Å². The Kier molecular flexibility index (Phi) is 24.3. The number of hydrogen-bond acceptors (Lipinski definition) is 4. The number of carboxylic acid groups (broad SMARTS) is 3. The second-order valence-electron chi connectivity index (χ2n) is 8.45. The van der Waals surface area contributed by atoms with E-state index in [1.807, 2.05) is 0 Å². The van der Waals surface area contributed by atoms with Crippen LogP contribution < -0.4 is 0 Å². The van der Waals surface area contributed by atoms with Crippen LogP contribution in [0, 0.1) is 0 Å². The molecule has 0 spiro atoms. The van der Waals surface area contributed by atoms with Gasteiger partial charge in [-0.1, -0.05) is 77.6 Å². The molecule has 0 saturated carbocycles. The second kappa shape index (κ2) is 23.6. The number of rotatable bonds is 18. The van der Waals surface area contributed by atoms with Crippen LogP contribution in [-0.2, 0) is 4.79 Å². The van der Waals surface area contributed by atoms with Crippen molar-refractivity contribution in [2.45, 2.75) is 109 Å². The number of carboxylic acids is 3. The Morgan fingerprint density at radius 1 is 0.647 bits per heavy atom. The number of unbranched alkanes of at least 4 members (excludes halogenated alkanes) is 10. The molecule has 1 aromatic carbocycles. The summed E-state index contributed by atoms with van der Waals surface area (Å²) in [5, 5.41) is 35.3. The molecule has 1 unspecified atom stereocenters. The zero-order valence-corrected chi connectivity index (χ0v) is 20.0. The summed E-state index contributed by atoms with van der Waals surface area (Å²) < 4.78 is 0. The first-order valence-corrected chi connectivity index (χ1v) is 12.2. The molecule has 1 rings (SSSR count). The Bertz CT molecular complexity index is 629. The van der Waals surface area contributed by atoms with Crippen LogP contribution in [-0.4, -0.2) is 82.2 Å². The molecule has 192 valence electrons. The second-order valence-corrected chi connectivity index (χ2v) is 8.45. The van der Waals surface area contributed by atoms with Gasteiger partial charge in [0.05, 0.1) is 17.2 Å². The molecule has 4 N–H and O–H groups in total. The van der Waals surface area contributed by atoms with E-state index in [1.54, 1.807) is 0 Å². The van der Waals surface area contributed by atoms with Crippen molar-refractivity contribution in [3.05, 3.63) is 35.4 Å².